The second-order valence-electron chi connectivity index (χ2n) is 4.05. The van der Waals surface area contributed by atoms with Crippen molar-refractivity contribution < 1.29 is 4.74 Å². The second-order valence-corrected chi connectivity index (χ2v) is 4.05. The van der Waals surface area contributed by atoms with Gasteiger partial charge in [-0.05, 0) is 31.4 Å². The Balaban J connectivity index is 1.79. The third-order valence-electron chi connectivity index (χ3n) is 2.86. The molecule has 0 unspecified atom stereocenters. The molecule has 2 heterocycles. The average Bonchev–Trinajstić information content (AvgIpc) is 2.80. The van der Waals surface area contributed by atoms with Crippen molar-refractivity contribution in [1.29, 1.82) is 0 Å². The van der Waals surface area contributed by atoms with E-state index in [4.69, 9.17) is 4.74 Å². The number of nitrogens with one attached hydrogen (secondary N) is 1. The highest BCUT2D eigenvalue weighted by Gasteiger charge is 2.16. The van der Waals surface area contributed by atoms with Gasteiger partial charge in [-0.3, -0.25) is 4.98 Å². The van der Waals surface area contributed by atoms with E-state index in [0.717, 1.165) is 13.2 Å². The number of hydrogen-bond acceptors (Lipinski definition) is 3. The molecule has 0 spiro atoms. The number of ether oxygens (including phenoxy) is 1. The molecule has 1 aromatic heterocycles. The van der Waals surface area contributed by atoms with Crippen molar-refractivity contribution in [3.8, 4) is 0 Å². The zero-order chi connectivity index (χ0) is 10.5. The van der Waals surface area contributed by atoms with Gasteiger partial charge in [0.25, 0.3) is 0 Å². The minimum atomic E-state index is 0.350. The maximum atomic E-state index is 5.56. The SMILES string of the molecule is C[C@H](NC[C@@H]1CCCO1)c1cccnc1. The van der Waals surface area contributed by atoms with Crippen molar-refractivity contribution in [2.24, 2.45) is 0 Å². The van der Waals surface area contributed by atoms with Crippen LogP contribution < -0.4 is 5.32 Å². The Morgan fingerprint density at radius 2 is 2.60 bits per heavy atom. The first kappa shape index (κ1) is 10.6. The lowest BCUT2D eigenvalue weighted by Crippen LogP contribution is -2.28. The van der Waals surface area contributed by atoms with E-state index in [2.05, 4.69) is 23.3 Å². The van der Waals surface area contributed by atoms with Gasteiger partial charge < -0.3 is 10.1 Å². The lowest BCUT2D eigenvalue weighted by Gasteiger charge is -2.16. The first-order valence-electron chi connectivity index (χ1n) is 5.61. The first-order valence-corrected chi connectivity index (χ1v) is 5.61. The van der Waals surface area contributed by atoms with Gasteiger partial charge in [0.1, 0.15) is 0 Å². The predicted octanol–water partition coefficient (Wildman–Crippen LogP) is 1.91. The molecule has 0 aliphatic carbocycles. The Labute approximate surface area is 90.9 Å². The highest BCUT2D eigenvalue weighted by atomic mass is 16.5. The summed E-state index contributed by atoms with van der Waals surface area (Å²) in [7, 11) is 0. The average molecular weight is 206 g/mol. The fourth-order valence-corrected chi connectivity index (χ4v) is 1.86. The Kier molecular flexibility index (Phi) is 3.69. The molecule has 1 fully saturated rings. The largest absolute Gasteiger partial charge is 0.377 e. The van der Waals surface area contributed by atoms with Gasteiger partial charge in [0.15, 0.2) is 0 Å². The smallest absolute Gasteiger partial charge is 0.0700 e. The van der Waals surface area contributed by atoms with E-state index in [1.165, 1.54) is 18.4 Å². The molecule has 1 saturated heterocycles. The maximum absolute atomic E-state index is 5.56. The predicted molar refractivity (Wildman–Crippen MR) is 59.6 cm³/mol. The highest BCUT2D eigenvalue weighted by molar-refractivity contribution is 5.12. The minimum Gasteiger partial charge on any atom is -0.377 e. The number of pyridine rings is 1. The summed E-state index contributed by atoms with van der Waals surface area (Å²) >= 11 is 0. The van der Waals surface area contributed by atoms with Crippen LogP contribution in [0, 0.1) is 0 Å². The van der Waals surface area contributed by atoms with Gasteiger partial charge in [-0.25, -0.2) is 0 Å². The van der Waals surface area contributed by atoms with E-state index in [1.54, 1.807) is 6.20 Å². The first-order chi connectivity index (χ1) is 7.36. The van der Waals surface area contributed by atoms with Gasteiger partial charge in [0, 0.05) is 31.6 Å². The topological polar surface area (TPSA) is 34.1 Å². The molecule has 1 N–H and O–H groups in total. The summed E-state index contributed by atoms with van der Waals surface area (Å²) in [6.45, 7) is 4.02. The van der Waals surface area contributed by atoms with Gasteiger partial charge in [-0.1, -0.05) is 6.07 Å². The number of nitrogens with zero attached hydrogens (tertiary/aromatic N) is 1. The van der Waals surface area contributed by atoms with E-state index in [-0.39, 0.29) is 0 Å². The zero-order valence-electron chi connectivity index (χ0n) is 9.15. The van der Waals surface area contributed by atoms with E-state index in [0.29, 0.717) is 12.1 Å². The molecule has 0 saturated carbocycles. The summed E-state index contributed by atoms with van der Waals surface area (Å²) in [5, 5.41) is 3.48. The standard InChI is InChI=1S/C12H18N2O/c1-10(11-4-2-6-13-8-11)14-9-12-5-3-7-15-12/h2,4,6,8,10,12,14H,3,5,7,9H2,1H3/t10-,12-/m0/s1. The van der Waals surface area contributed by atoms with Crippen molar-refractivity contribution in [3.63, 3.8) is 0 Å². The van der Waals surface area contributed by atoms with Crippen LogP contribution in [0.4, 0.5) is 0 Å². The molecular weight excluding hydrogens is 188 g/mol. The van der Waals surface area contributed by atoms with E-state index >= 15 is 0 Å². The summed E-state index contributed by atoms with van der Waals surface area (Å²) in [6, 6.07) is 4.42. The van der Waals surface area contributed by atoms with Crippen molar-refractivity contribution in [2.75, 3.05) is 13.2 Å². The Hall–Kier alpha value is -0.930. The molecule has 15 heavy (non-hydrogen) atoms. The van der Waals surface area contributed by atoms with Crippen LogP contribution in [0.1, 0.15) is 31.4 Å². The molecular formula is C12H18N2O. The van der Waals surface area contributed by atoms with Crippen LogP contribution in [-0.2, 0) is 4.74 Å². The number of rotatable bonds is 4. The Morgan fingerprint density at radius 1 is 1.67 bits per heavy atom. The minimum absolute atomic E-state index is 0.350. The third-order valence-corrected chi connectivity index (χ3v) is 2.86. The normalized spacial score (nSPS) is 22.9. The van der Waals surface area contributed by atoms with Gasteiger partial charge in [-0.2, -0.15) is 0 Å². The van der Waals surface area contributed by atoms with E-state index < -0.39 is 0 Å². The molecule has 82 valence electrons. The summed E-state index contributed by atoms with van der Waals surface area (Å²) in [5.74, 6) is 0. The molecule has 0 amide bonds. The molecule has 2 rings (SSSR count). The van der Waals surface area contributed by atoms with Crippen LogP contribution in [0.25, 0.3) is 0 Å². The number of aromatic nitrogens is 1. The molecule has 2 atom stereocenters. The van der Waals surface area contributed by atoms with Crippen LogP contribution in [-0.4, -0.2) is 24.2 Å². The second kappa shape index (κ2) is 5.24. The van der Waals surface area contributed by atoms with Crippen molar-refractivity contribution in [2.45, 2.75) is 31.9 Å². The molecule has 0 bridgehead atoms. The lowest BCUT2D eigenvalue weighted by atomic mass is 10.1. The monoisotopic (exact) mass is 206 g/mol. The summed E-state index contributed by atoms with van der Waals surface area (Å²) in [5.41, 5.74) is 1.23. The van der Waals surface area contributed by atoms with Crippen LogP contribution in [0.15, 0.2) is 24.5 Å². The maximum Gasteiger partial charge on any atom is 0.0700 e. The fraction of sp³-hybridized carbons (Fsp3) is 0.583. The summed E-state index contributed by atoms with van der Waals surface area (Å²) < 4.78 is 5.56. The van der Waals surface area contributed by atoms with E-state index in [1.807, 2.05) is 12.3 Å². The Bertz CT molecular complexity index is 283. The Morgan fingerprint density at radius 3 is 3.27 bits per heavy atom. The zero-order valence-corrected chi connectivity index (χ0v) is 9.15. The molecule has 1 aliphatic heterocycles. The summed E-state index contributed by atoms with van der Waals surface area (Å²) in [4.78, 5) is 4.11. The van der Waals surface area contributed by atoms with Gasteiger partial charge in [0.05, 0.1) is 6.10 Å². The van der Waals surface area contributed by atoms with Crippen LogP contribution >= 0.6 is 0 Å². The molecule has 0 radical (unpaired) electrons. The van der Waals surface area contributed by atoms with E-state index in [9.17, 15) is 0 Å². The highest BCUT2D eigenvalue weighted by Crippen LogP contribution is 2.14. The molecule has 1 aromatic rings. The third kappa shape index (κ3) is 3.01. The molecule has 1 aliphatic rings. The molecule has 3 heteroatoms. The molecule has 0 aromatic carbocycles. The van der Waals surface area contributed by atoms with Gasteiger partial charge >= 0.3 is 0 Å². The van der Waals surface area contributed by atoms with Crippen LogP contribution in [0.5, 0.6) is 0 Å². The quantitative estimate of drug-likeness (QED) is 0.817. The lowest BCUT2D eigenvalue weighted by molar-refractivity contribution is 0.108. The fourth-order valence-electron chi connectivity index (χ4n) is 1.86. The van der Waals surface area contributed by atoms with Crippen molar-refractivity contribution >= 4 is 0 Å². The summed E-state index contributed by atoms with van der Waals surface area (Å²) in [6.07, 6.45) is 6.51. The van der Waals surface area contributed by atoms with Crippen LogP contribution in [0.3, 0.4) is 0 Å². The van der Waals surface area contributed by atoms with Crippen LogP contribution in [0.2, 0.25) is 0 Å². The molecule has 3 nitrogen and oxygen atoms in total. The number of hydrogen-bond donors (Lipinski definition) is 1. The van der Waals surface area contributed by atoms with Crippen molar-refractivity contribution in [1.82, 2.24) is 10.3 Å². The van der Waals surface area contributed by atoms with Gasteiger partial charge in [0.2, 0.25) is 0 Å². The van der Waals surface area contributed by atoms with Gasteiger partial charge in [-0.15, -0.1) is 0 Å². The van der Waals surface area contributed by atoms with Crippen molar-refractivity contribution in [3.05, 3.63) is 30.1 Å².